The van der Waals surface area contributed by atoms with Gasteiger partial charge in [0.1, 0.15) is 11.8 Å². The van der Waals surface area contributed by atoms with Crippen molar-refractivity contribution in [3.8, 4) is 5.75 Å². The fourth-order valence-corrected chi connectivity index (χ4v) is 4.46. The van der Waals surface area contributed by atoms with Gasteiger partial charge in [0.15, 0.2) is 6.61 Å². The Morgan fingerprint density at radius 1 is 0.842 bits per heavy atom. The first-order chi connectivity index (χ1) is 18.2. The maximum atomic E-state index is 13.8. The van der Waals surface area contributed by atoms with Crippen LogP contribution >= 0.6 is 11.6 Å². The molecule has 196 valence electrons. The molecule has 0 bridgehead atoms. The Hall–Kier alpha value is -3.83. The van der Waals surface area contributed by atoms with E-state index in [0.717, 1.165) is 21.9 Å². The van der Waals surface area contributed by atoms with E-state index in [1.54, 1.807) is 17.0 Å². The van der Waals surface area contributed by atoms with Crippen LogP contribution in [0, 0.1) is 0 Å². The van der Waals surface area contributed by atoms with Crippen LogP contribution in [0.3, 0.4) is 0 Å². The second-order valence-electron chi connectivity index (χ2n) is 10.4. The largest absolute Gasteiger partial charge is 0.483 e. The average Bonchev–Trinajstić information content (AvgIpc) is 2.90. The molecule has 0 aliphatic rings. The van der Waals surface area contributed by atoms with Crippen LogP contribution in [0.5, 0.6) is 5.75 Å². The molecule has 0 aromatic heterocycles. The number of nitrogens with one attached hydrogen (secondary N) is 1. The van der Waals surface area contributed by atoms with Gasteiger partial charge >= 0.3 is 0 Å². The van der Waals surface area contributed by atoms with Gasteiger partial charge < -0.3 is 15.0 Å². The highest BCUT2D eigenvalue weighted by Crippen LogP contribution is 2.25. The molecular formula is C32H33ClN2O3. The van der Waals surface area contributed by atoms with Crippen LogP contribution in [0.15, 0.2) is 97.1 Å². The van der Waals surface area contributed by atoms with Gasteiger partial charge in [-0.05, 0) is 55.5 Å². The van der Waals surface area contributed by atoms with Crippen molar-refractivity contribution in [2.24, 2.45) is 0 Å². The molecular weight excluding hydrogens is 496 g/mol. The van der Waals surface area contributed by atoms with Gasteiger partial charge in [0, 0.05) is 28.9 Å². The molecule has 0 saturated carbocycles. The second kappa shape index (κ2) is 12.1. The Bertz CT molecular complexity index is 1380. The molecule has 0 spiro atoms. The minimum absolute atomic E-state index is 0.199. The molecule has 1 atom stereocenters. The zero-order chi connectivity index (χ0) is 27.1. The maximum Gasteiger partial charge on any atom is 0.261 e. The molecule has 0 unspecified atom stereocenters. The summed E-state index contributed by atoms with van der Waals surface area (Å²) in [6.45, 7) is 5.83. The minimum Gasteiger partial charge on any atom is -0.483 e. The quantitative estimate of drug-likeness (QED) is 0.272. The summed E-state index contributed by atoms with van der Waals surface area (Å²) in [5.74, 6) is 0.133. The molecule has 0 heterocycles. The third-order valence-corrected chi connectivity index (χ3v) is 6.39. The van der Waals surface area contributed by atoms with Crippen LogP contribution in [0.1, 0.15) is 31.9 Å². The SMILES string of the molecule is CC(C)(C)NC(=O)[C@H](Cc1ccccc1)N(Cc1ccc(Cl)cc1)C(=O)COc1cccc2ccccc12. The lowest BCUT2D eigenvalue weighted by molar-refractivity contribution is -0.143. The number of amides is 2. The van der Waals surface area contributed by atoms with Crippen molar-refractivity contribution in [3.63, 3.8) is 0 Å². The molecule has 6 heteroatoms. The van der Waals surface area contributed by atoms with Crippen LogP contribution < -0.4 is 10.1 Å². The topological polar surface area (TPSA) is 58.6 Å². The number of hydrogen-bond donors (Lipinski definition) is 1. The molecule has 1 N–H and O–H groups in total. The molecule has 5 nitrogen and oxygen atoms in total. The Morgan fingerprint density at radius 3 is 2.21 bits per heavy atom. The molecule has 4 aromatic rings. The van der Waals surface area contributed by atoms with Gasteiger partial charge in [-0.25, -0.2) is 0 Å². The van der Waals surface area contributed by atoms with Gasteiger partial charge in [0.2, 0.25) is 5.91 Å². The summed E-state index contributed by atoms with van der Waals surface area (Å²) in [5, 5.41) is 5.64. The van der Waals surface area contributed by atoms with Crippen molar-refractivity contribution >= 4 is 34.2 Å². The van der Waals surface area contributed by atoms with Crippen molar-refractivity contribution < 1.29 is 14.3 Å². The van der Waals surface area contributed by atoms with E-state index < -0.39 is 11.6 Å². The number of fused-ring (bicyclic) bond motifs is 1. The van der Waals surface area contributed by atoms with E-state index in [9.17, 15) is 9.59 Å². The molecule has 4 rings (SSSR count). The zero-order valence-corrected chi connectivity index (χ0v) is 22.7. The Labute approximate surface area is 229 Å². The van der Waals surface area contributed by atoms with Crippen molar-refractivity contribution in [1.29, 1.82) is 0 Å². The lowest BCUT2D eigenvalue weighted by Crippen LogP contribution is -2.55. The number of carbonyl (C=O) groups excluding carboxylic acids is 2. The molecule has 38 heavy (non-hydrogen) atoms. The first-order valence-corrected chi connectivity index (χ1v) is 13.1. The van der Waals surface area contributed by atoms with Crippen LogP contribution in [-0.4, -0.2) is 34.9 Å². The lowest BCUT2D eigenvalue weighted by atomic mass is 10.0. The van der Waals surface area contributed by atoms with Gasteiger partial charge in [0.05, 0.1) is 0 Å². The Balaban J connectivity index is 1.65. The third-order valence-electron chi connectivity index (χ3n) is 6.14. The predicted octanol–water partition coefficient (Wildman–Crippen LogP) is 6.43. The first kappa shape index (κ1) is 27.2. The van der Waals surface area contributed by atoms with E-state index in [-0.39, 0.29) is 25.0 Å². The summed E-state index contributed by atoms with van der Waals surface area (Å²) in [7, 11) is 0. The Kier molecular flexibility index (Phi) is 8.70. The number of hydrogen-bond acceptors (Lipinski definition) is 3. The van der Waals surface area contributed by atoms with E-state index in [1.165, 1.54) is 0 Å². The Morgan fingerprint density at radius 2 is 1.50 bits per heavy atom. The predicted molar refractivity (Wildman–Crippen MR) is 153 cm³/mol. The summed E-state index contributed by atoms with van der Waals surface area (Å²) in [6.07, 6.45) is 0.371. The minimum atomic E-state index is -0.740. The standard InChI is InChI=1S/C32H33ClN2O3/c1-32(2,3)34-31(37)28(20-23-10-5-4-6-11-23)35(21-24-16-18-26(33)19-17-24)30(36)22-38-29-15-9-13-25-12-7-8-14-27(25)29/h4-19,28H,20-22H2,1-3H3,(H,34,37)/t28-/m0/s1. The highest BCUT2D eigenvalue weighted by Gasteiger charge is 2.32. The van der Waals surface area contributed by atoms with Crippen molar-refractivity contribution in [2.45, 2.75) is 45.3 Å². The summed E-state index contributed by atoms with van der Waals surface area (Å²) >= 11 is 6.10. The van der Waals surface area contributed by atoms with Crippen LogP contribution in [-0.2, 0) is 22.6 Å². The summed E-state index contributed by atoms with van der Waals surface area (Å²) < 4.78 is 6.06. The molecule has 0 saturated heterocycles. The summed E-state index contributed by atoms with van der Waals surface area (Å²) in [6, 6.07) is 29.9. The monoisotopic (exact) mass is 528 g/mol. The van der Waals surface area contributed by atoms with E-state index >= 15 is 0 Å². The molecule has 2 amide bonds. The third kappa shape index (κ3) is 7.36. The number of nitrogens with zero attached hydrogens (tertiary/aromatic N) is 1. The van der Waals surface area contributed by atoms with Gasteiger partial charge in [-0.1, -0.05) is 90.5 Å². The fraction of sp³-hybridized carbons (Fsp3) is 0.250. The number of benzene rings is 4. The molecule has 0 aliphatic carbocycles. The van der Waals surface area contributed by atoms with Gasteiger partial charge in [0.25, 0.3) is 5.91 Å². The zero-order valence-electron chi connectivity index (χ0n) is 22.0. The molecule has 4 aromatic carbocycles. The van der Waals surface area contributed by atoms with Crippen LogP contribution in [0.4, 0.5) is 0 Å². The normalized spacial score (nSPS) is 12.1. The number of ether oxygens (including phenoxy) is 1. The van der Waals surface area contributed by atoms with Crippen molar-refractivity contribution in [2.75, 3.05) is 6.61 Å². The molecule has 0 radical (unpaired) electrons. The maximum absolute atomic E-state index is 13.8. The number of rotatable bonds is 9. The highest BCUT2D eigenvalue weighted by molar-refractivity contribution is 6.30. The first-order valence-electron chi connectivity index (χ1n) is 12.7. The summed E-state index contributed by atoms with van der Waals surface area (Å²) in [4.78, 5) is 29.1. The van der Waals surface area contributed by atoms with Gasteiger partial charge in [-0.3, -0.25) is 9.59 Å². The van der Waals surface area contributed by atoms with Gasteiger partial charge in [-0.15, -0.1) is 0 Å². The lowest BCUT2D eigenvalue weighted by Gasteiger charge is -2.33. The van der Waals surface area contributed by atoms with Gasteiger partial charge in [-0.2, -0.15) is 0 Å². The molecule has 0 aliphatic heterocycles. The van der Waals surface area contributed by atoms with Crippen molar-refractivity contribution in [3.05, 3.63) is 113 Å². The van der Waals surface area contributed by atoms with E-state index in [4.69, 9.17) is 16.3 Å². The molecule has 0 fully saturated rings. The van der Waals surface area contributed by atoms with E-state index in [0.29, 0.717) is 17.2 Å². The second-order valence-corrected chi connectivity index (χ2v) is 10.8. The smallest absolute Gasteiger partial charge is 0.261 e. The van der Waals surface area contributed by atoms with Crippen molar-refractivity contribution in [1.82, 2.24) is 10.2 Å². The van der Waals surface area contributed by atoms with E-state index in [2.05, 4.69) is 5.32 Å². The fourth-order valence-electron chi connectivity index (χ4n) is 4.34. The number of carbonyl (C=O) groups is 2. The van der Waals surface area contributed by atoms with Crippen LogP contribution in [0.2, 0.25) is 5.02 Å². The van der Waals surface area contributed by atoms with Crippen LogP contribution in [0.25, 0.3) is 10.8 Å². The van der Waals surface area contributed by atoms with E-state index in [1.807, 2.05) is 106 Å². The summed E-state index contributed by atoms with van der Waals surface area (Å²) in [5.41, 5.74) is 1.38. The highest BCUT2D eigenvalue weighted by atomic mass is 35.5. The average molecular weight is 529 g/mol. The number of halogens is 1.